The Balaban J connectivity index is 1.75. The SMILES string of the molecule is Cc1c(S(=O)(=O)Nc2ccccc2)c(C)n(C)c1-c1nnc(C2CCC2)o1. The van der Waals surface area contributed by atoms with Gasteiger partial charge in [-0.25, -0.2) is 8.42 Å². The largest absolute Gasteiger partial charge is 0.419 e. The van der Waals surface area contributed by atoms with Crippen molar-refractivity contribution in [3.8, 4) is 11.6 Å². The molecule has 0 aliphatic heterocycles. The van der Waals surface area contributed by atoms with Crippen LogP contribution >= 0.6 is 0 Å². The molecule has 0 saturated heterocycles. The van der Waals surface area contributed by atoms with E-state index in [9.17, 15) is 8.42 Å². The van der Waals surface area contributed by atoms with Crippen LogP contribution in [0.25, 0.3) is 11.6 Å². The average molecular weight is 386 g/mol. The molecule has 142 valence electrons. The quantitative estimate of drug-likeness (QED) is 0.721. The Labute approximate surface area is 158 Å². The summed E-state index contributed by atoms with van der Waals surface area (Å²) in [6, 6.07) is 8.84. The van der Waals surface area contributed by atoms with Crippen molar-refractivity contribution >= 4 is 15.7 Å². The lowest BCUT2D eigenvalue weighted by Gasteiger charge is -2.20. The standard InChI is InChI=1S/C19H22N4O3S/c1-12-16(19-21-20-18(26-19)14-8-7-9-14)23(3)13(2)17(12)27(24,25)22-15-10-5-4-6-11-15/h4-6,10-11,14,22H,7-9H2,1-3H3. The van der Waals surface area contributed by atoms with Gasteiger partial charge >= 0.3 is 0 Å². The van der Waals surface area contributed by atoms with Gasteiger partial charge < -0.3 is 8.98 Å². The molecule has 1 fully saturated rings. The zero-order valence-corrected chi connectivity index (χ0v) is 16.4. The number of para-hydroxylation sites is 1. The Bertz CT molecular complexity index is 1080. The molecule has 8 heteroatoms. The molecule has 2 heterocycles. The minimum absolute atomic E-state index is 0.243. The monoisotopic (exact) mass is 386 g/mol. The highest BCUT2D eigenvalue weighted by Crippen LogP contribution is 2.38. The van der Waals surface area contributed by atoms with Gasteiger partial charge in [0.15, 0.2) is 0 Å². The van der Waals surface area contributed by atoms with Crippen LogP contribution in [0, 0.1) is 13.8 Å². The van der Waals surface area contributed by atoms with E-state index in [1.165, 1.54) is 6.42 Å². The fourth-order valence-electron chi connectivity index (χ4n) is 3.51. The first-order valence-corrected chi connectivity index (χ1v) is 10.4. The molecule has 0 bridgehead atoms. The van der Waals surface area contributed by atoms with Crippen molar-refractivity contribution in [3.63, 3.8) is 0 Å². The summed E-state index contributed by atoms with van der Waals surface area (Å²) in [5.74, 6) is 1.33. The van der Waals surface area contributed by atoms with E-state index in [-0.39, 0.29) is 4.90 Å². The van der Waals surface area contributed by atoms with Crippen LogP contribution in [0.2, 0.25) is 0 Å². The maximum Gasteiger partial charge on any atom is 0.264 e. The van der Waals surface area contributed by atoms with Crippen molar-refractivity contribution < 1.29 is 12.8 Å². The number of hydrogen-bond acceptors (Lipinski definition) is 5. The number of nitrogens with zero attached hydrogens (tertiary/aromatic N) is 3. The number of sulfonamides is 1. The van der Waals surface area contributed by atoms with Gasteiger partial charge in [0.25, 0.3) is 15.9 Å². The van der Waals surface area contributed by atoms with Crippen molar-refractivity contribution in [1.82, 2.24) is 14.8 Å². The lowest BCUT2D eigenvalue weighted by Crippen LogP contribution is -2.14. The summed E-state index contributed by atoms with van der Waals surface area (Å²) in [4.78, 5) is 0.243. The highest BCUT2D eigenvalue weighted by atomic mass is 32.2. The van der Waals surface area contributed by atoms with E-state index >= 15 is 0 Å². The summed E-state index contributed by atoms with van der Waals surface area (Å²) in [6.45, 7) is 3.55. The molecule has 4 rings (SSSR count). The molecule has 27 heavy (non-hydrogen) atoms. The zero-order chi connectivity index (χ0) is 19.2. The maximum atomic E-state index is 13.0. The molecule has 0 atom stereocenters. The number of anilines is 1. The van der Waals surface area contributed by atoms with Crippen molar-refractivity contribution in [2.24, 2.45) is 7.05 Å². The van der Waals surface area contributed by atoms with E-state index in [0.717, 1.165) is 12.8 Å². The van der Waals surface area contributed by atoms with Gasteiger partial charge in [-0.3, -0.25) is 4.72 Å². The van der Waals surface area contributed by atoms with Crippen LogP contribution in [0.15, 0.2) is 39.6 Å². The van der Waals surface area contributed by atoms with Crippen LogP contribution in [0.3, 0.4) is 0 Å². The van der Waals surface area contributed by atoms with Crippen molar-refractivity contribution in [1.29, 1.82) is 0 Å². The molecule has 3 aromatic rings. The van der Waals surface area contributed by atoms with Gasteiger partial charge in [-0.1, -0.05) is 24.6 Å². The van der Waals surface area contributed by atoms with Gasteiger partial charge in [-0.05, 0) is 38.8 Å². The second-order valence-electron chi connectivity index (χ2n) is 6.99. The Morgan fingerprint density at radius 1 is 1.15 bits per heavy atom. The number of aromatic nitrogens is 3. The molecule has 1 aliphatic carbocycles. The Morgan fingerprint density at radius 3 is 2.48 bits per heavy atom. The third-order valence-corrected chi connectivity index (χ3v) is 6.90. The Kier molecular flexibility index (Phi) is 4.30. The number of rotatable bonds is 5. The Morgan fingerprint density at radius 2 is 1.85 bits per heavy atom. The summed E-state index contributed by atoms with van der Waals surface area (Å²) < 4.78 is 36.4. The predicted octanol–water partition coefficient (Wildman–Crippen LogP) is 3.76. The maximum absolute atomic E-state index is 13.0. The minimum atomic E-state index is -3.75. The van der Waals surface area contributed by atoms with E-state index in [0.29, 0.717) is 40.3 Å². The zero-order valence-electron chi connectivity index (χ0n) is 15.6. The van der Waals surface area contributed by atoms with Crippen LogP contribution in [0.4, 0.5) is 5.69 Å². The topological polar surface area (TPSA) is 90.0 Å². The smallest absolute Gasteiger partial charge is 0.264 e. The van der Waals surface area contributed by atoms with Gasteiger partial charge in [0, 0.05) is 29.9 Å². The van der Waals surface area contributed by atoms with E-state index in [2.05, 4.69) is 14.9 Å². The fourth-order valence-corrected chi connectivity index (χ4v) is 5.09. The summed E-state index contributed by atoms with van der Waals surface area (Å²) in [6.07, 6.45) is 3.30. The van der Waals surface area contributed by atoms with Crippen LogP contribution in [-0.4, -0.2) is 23.2 Å². The molecule has 1 aliphatic rings. The summed E-state index contributed by atoms with van der Waals surface area (Å²) in [5, 5.41) is 8.35. The van der Waals surface area contributed by atoms with Crippen molar-refractivity contribution in [3.05, 3.63) is 47.5 Å². The van der Waals surface area contributed by atoms with Gasteiger partial charge in [0.05, 0.1) is 0 Å². The van der Waals surface area contributed by atoms with Crippen LogP contribution < -0.4 is 4.72 Å². The van der Waals surface area contributed by atoms with E-state index in [1.807, 2.05) is 13.1 Å². The van der Waals surface area contributed by atoms with Crippen LogP contribution in [0.5, 0.6) is 0 Å². The first kappa shape index (κ1) is 17.8. The first-order chi connectivity index (χ1) is 12.9. The summed E-state index contributed by atoms with van der Waals surface area (Å²) in [7, 11) is -1.94. The van der Waals surface area contributed by atoms with E-state index < -0.39 is 10.0 Å². The average Bonchev–Trinajstić information content (AvgIpc) is 3.10. The van der Waals surface area contributed by atoms with Gasteiger partial charge in [-0.2, -0.15) is 0 Å². The van der Waals surface area contributed by atoms with Crippen molar-refractivity contribution in [2.45, 2.75) is 43.9 Å². The predicted molar refractivity (Wildman–Crippen MR) is 102 cm³/mol. The van der Waals surface area contributed by atoms with Gasteiger partial charge in [0.1, 0.15) is 10.6 Å². The molecule has 2 aromatic heterocycles. The van der Waals surface area contributed by atoms with E-state index in [1.54, 1.807) is 42.7 Å². The molecule has 0 radical (unpaired) electrons. The Hall–Kier alpha value is -2.61. The molecule has 1 aromatic carbocycles. The molecule has 1 saturated carbocycles. The molecule has 0 spiro atoms. The van der Waals surface area contributed by atoms with Crippen LogP contribution in [-0.2, 0) is 17.1 Å². The molecule has 7 nitrogen and oxygen atoms in total. The number of nitrogens with one attached hydrogen (secondary N) is 1. The second kappa shape index (κ2) is 6.53. The summed E-state index contributed by atoms with van der Waals surface area (Å²) in [5.41, 5.74) is 2.38. The van der Waals surface area contributed by atoms with Gasteiger partial charge in [-0.15, -0.1) is 10.2 Å². The van der Waals surface area contributed by atoms with Gasteiger partial charge in [0.2, 0.25) is 5.89 Å². The minimum Gasteiger partial charge on any atom is -0.419 e. The third-order valence-electron chi connectivity index (χ3n) is 5.26. The molecule has 1 N–H and O–H groups in total. The normalized spacial score (nSPS) is 14.9. The lowest BCUT2D eigenvalue weighted by molar-refractivity contribution is 0.337. The third kappa shape index (κ3) is 3.03. The number of benzene rings is 1. The molecule has 0 unspecified atom stereocenters. The fraction of sp³-hybridized carbons (Fsp3) is 0.368. The lowest BCUT2D eigenvalue weighted by atomic mass is 9.85. The first-order valence-electron chi connectivity index (χ1n) is 8.96. The van der Waals surface area contributed by atoms with Crippen LogP contribution in [0.1, 0.15) is 42.3 Å². The highest BCUT2D eigenvalue weighted by Gasteiger charge is 2.30. The number of hydrogen-bond donors (Lipinski definition) is 1. The summed E-state index contributed by atoms with van der Waals surface area (Å²) >= 11 is 0. The van der Waals surface area contributed by atoms with Crippen molar-refractivity contribution in [2.75, 3.05) is 4.72 Å². The molecular formula is C19H22N4O3S. The second-order valence-corrected chi connectivity index (χ2v) is 8.61. The molecular weight excluding hydrogens is 364 g/mol. The highest BCUT2D eigenvalue weighted by molar-refractivity contribution is 7.92. The molecule has 0 amide bonds. The van der Waals surface area contributed by atoms with E-state index in [4.69, 9.17) is 4.42 Å².